The van der Waals surface area contributed by atoms with E-state index >= 15 is 0 Å². The Labute approximate surface area is 87.6 Å². The van der Waals surface area contributed by atoms with E-state index in [2.05, 4.69) is 0 Å². The summed E-state index contributed by atoms with van der Waals surface area (Å²) in [6, 6.07) is 4.04. The highest BCUT2D eigenvalue weighted by Crippen LogP contribution is 2.30. The molecule has 0 saturated heterocycles. The summed E-state index contributed by atoms with van der Waals surface area (Å²) in [7, 11) is 0. The van der Waals surface area contributed by atoms with Gasteiger partial charge in [0.05, 0.1) is 5.60 Å². The molecule has 0 unspecified atom stereocenters. The molecule has 76 valence electrons. The van der Waals surface area contributed by atoms with E-state index in [0.717, 1.165) is 0 Å². The van der Waals surface area contributed by atoms with Gasteiger partial charge < -0.3 is 5.11 Å². The van der Waals surface area contributed by atoms with Crippen molar-refractivity contribution in [2.75, 3.05) is 0 Å². The molecule has 1 aromatic rings. The van der Waals surface area contributed by atoms with Crippen LogP contribution in [0.2, 0.25) is 0 Å². The molecule has 1 heterocycles. The number of carbonyl (C=O) groups excluding carboxylic acids is 1. The molecular formula is C11H14O2S. The van der Waals surface area contributed by atoms with Gasteiger partial charge in [-0.05, 0) is 24.3 Å². The van der Waals surface area contributed by atoms with Crippen LogP contribution in [-0.2, 0) is 11.2 Å². The number of Topliss-reactive ketones (excluding diaryl/α,β-unsaturated/α-hetero) is 1. The maximum Gasteiger partial charge on any atom is 0.133 e. The van der Waals surface area contributed by atoms with Gasteiger partial charge >= 0.3 is 0 Å². The van der Waals surface area contributed by atoms with Crippen molar-refractivity contribution in [3.63, 3.8) is 0 Å². The fraction of sp³-hybridized carbons (Fsp3) is 0.545. The third-order valence-electron chi connectivity index (χ3n) is 2.82. The molecule has 1 aliphatic rings. The van der Waals surface area contributed by atoms with Gasteiger partial charge in [0, 0.05) is 24.1 Å². The van der Waals surface area contributed by atoms with Crippen LogP contribution in [0.3, 0.4) is 0 Å². The minimum Gasteiger partial charge on any atom is -0.389 e. The number of ketones is 1. The van der Waals surface area contributed by atoms with Crippen molar-refractivity contribution in [2.45, 2.75) is 37.7 Å². The molecule has 0 amide bonds. The first-order valence-electron chi connectivity index (χ1n) is 4.94. The molecule has 1 aliphatic carbocycles. The Morgan fingerprint density at radius 3 is 2.71 bits per heavy atom. The van der Waals surface area contributed by atoms with Crippen LogP contribution in [0.5, 0.6) is 0 Å². The molecule has 0 atom stereocenters. The number of thiophene rings is 1. The van der Waals surface area contributed by atoms with Crippen molar-refractivity contribution in [1.29, 1.82) is 0 Å². The molecule has 2 nitrogen and oxygen atoms in total. The Morgan fingerprint density at radius 1 is 1.43 bits per heavy atom. The monoisotopic (exact) mass is 210 g/mol. The number of rotatable bonds is 2. The molecule has 0 aromatic carbocycles. The third kappa shape index (κ3) is 2.22. The minimum atomic E-state index is -0.626. The summed E-state index contributed by atoms with van der Waals surface area (Å²) in [5.41, 5.74) is -0.626. The van der Waals surface area contributed by atoms with E-state index in [-0.39, 0.29) is 0 Å². The van der Waals surface area contributed by atoms with Crippen LogP contribution >= 0.6 is 11.3 Å². The average molecular weight is 210 g/mol. The third-order valence-corrected chi connectivity index (χ3v) is 3.70. The Hall–Kier alpha value is -0.670. The zero-order valence-corrected chi connectivity index (χ0v) is 8.85. The number of hydrogen-bond donors (Lipinski definition) is 1. The van der Waals surface area contributed by atoms with Gasteiger partial charge in [-0.2, -0.15) is 0 Å². The Bertz CT molecular complexity index is 306. The summed E-state index contributed by atoms with van der Waals surface area (Å²) in [6.45, 7) is 0. The van der Waals surface area contributed by atoms with E-state index in [1.165, 1.54) is 4.88 Å². The van der Waals surface area contributed by atoms with Crippen molar-refractivity contribution < 1.29 is 9.90 Å². The maximum atomic E-state index is 11.0. The standard InChI is InChI=1S/C11H14O2S/c12-9-3-5-11(13,6-4-9)8-10-2-1-7-14-10/h1-2,7,13H,3-6,8H2. The van der Waals surface area contributed by atoms with Gasteiger partial charge in [-0.25, -0.2) is 0 Å². The molecule has 0 spiro atoms. The predicted octanol–water partition coefficient (Wildman–Crippen LogP) is 2.16. The molecule has 1 saturated carbocycles. The van der Waals surface area contributed by atoms with Crippen LogP contribution in [0.4, 0.5) is 0 Å². The highest BCUT2D eigenvalue weighted by Gasteiger charge is 2.32. The molecule has 2 rings (SSSR count). The second kappa shape index (κ2) is 3.83. The molecule has 0 aliphatic heterocycles. The fourth-order valence-corrected chi connectivity index (χ4v) is 2.75. The van der Waals surface area contributed by atoms with Crippen LogP contribution in [0, 0.1) is 0 Å². The first-order chi connectivity index (χ1) is 6.68. The van der Waals surface area contributed by atoms with E-state index < -0.39 is 5.60 Å². The predicted molar refractivity (Wildman–Crippen MR) is 56.4 cm³/mol. The molecule has 0 bridgehead atoms. The molecule has 3 heteroatoms. The van der Waals surface area contributed by atoms with Crippen molar-refractivity contribution in [1.82, 2.24) is 0 Å². The van der Waals surface area contributed by atoms with E-state index in [9.17, 15) is 9.90 Å². The second-order valence-corrected chi connectivity index (χ2v) is 5.05. The Balaban J connectivity index is 1.99. The lowest BCUT2D eigenvalue weighted by molar-refractivity contribution is -0.125. The van der Waals surface area contributed by atoms with E-state index in [1.54, 1.807) is 11.3 Å². The number of carbonyl (C=O) groups is 1. The zero-order chi connectivity index (χ0) is 10.0. The number of hydrogen-bond acceptors (Lipinski definition) is 3. The van der Waals surface area contributed by atoms with Crippen LogP contribution in [0.1, 0.15) is 30.6 Å². The molecule has 1 fully saturated rings. The topological polar surface area (TPSA) is 37.3 Å². The largest absolute Gasteiger partial charge is 0.389 e. The lowest BCUT2D eigenvalue weighted by Crippen LogP contribution is -2.36. The number of aliphatic hydroxyl groups is 1. The van der Waals surface area contributed by atoms with Crippen molar-refractivity contribution in [3.05, 3.63) is 22.4 Å². The Kier molecular flexibility index (Phi) is 2.70. The first kappa shape index (κ1) is 9.87. The van der Waals surface area contributed by atoms with E-state index in [4.69, 9.17) is 0 Å². The van der Waals surface area contributed by atoms with Crippen molar-refractivity contribution in [3.8, 4) is 0 Å². The first-order valence-corrected chi connectivity index (χ1v) is 5.82. The maximum absolute atomic E-state index is 11.0. The average Bonchev–Trinajstić information content (AvgIpc) is 2.63. The summed E-state index contributed by atoms with van der Waals surface area (Å²) in [5, 5.41) is 12.2. The molecule has 14 heavy (non-hydrogen) atoms. The minimum absolute atomic E-state index is 0.292. The van der Waals surface area contributed by atoms with E-state index in [0.29, 0.717) is 37.9 Å². The van der Waals surface area contributed by atoms with Crippen LogP contribution in [0.15, 0.2) is 17.5 Å². The van der Waals surface area contributed by atoms with Crippen LogP contribution in [0.25, 0.3) is 0 Å². The van der Waals surface area contributed by atoms with E-state index in [1.807, 2.05) is 17.5 Å². The summed E-state index contributed by atoms with van der Waals surface area (Å²) in [6.07, 6.45) is 3.05. The molecule has 1 aromatic heterocycles. The smallest absolute Gasteiger partial charge is 0.133 e. The lowest BCUT2D eigenvalue weighted by atomic mass is 9.81. The quantitative estimate of drug-likeness (QED) is 0.812. The molecule has 1 N–H and O–H groups in total. The Morgan fingerprint density at radius 2 is 2.14 bits per heavy atom. The normalized spacial score (nSPS) is 21.1. The SMILES string of the molecule is O=C1CCC(O)(Cc2cccs2)CC1. The summed E-state index contributed by atoms with van der Waals surface area (Å²) in [5.74, 6) is 0.292. The van der Waals surface area contributed by atoms with Crippen molar-refractivity contribution in [2.24, 2.45) is 0 Å². The second-order valence-electron chi connectivity index (χ2n) is 4.02. The van der Waals surface area contributed by atoms with Gasteiger partial charge in [-0.1, -0.05) is 6.07 Å². The zero-order valence-electron chi connectivity index (χ0n) is 8.03. The highest BCUT2D eigenvalue weighted by atomic mass is 32.1. The van der Waals surface area contributed by atoms with Gasteiger partial charge in [0.2, 0.25) is 0 Å². The van der Waals surface area contributed by atoms with Crippen LogP contribution in [-0.4, -0.2) is 16.5 Å². The van der Waals surface area contributed by atoms with Crippen LogP contribution < -0.4 is 0 Å². The van der Waals surface area contributed by atoms with Gasteiger partial charge in [0.25, 0.3) is 0 Å². The van der Waals surface area contributed by atoms with Gasteiger partial charge in [0.15, 0.2) is 0 Å². The van der Waals surface area contributed by atoms with Crippen molar-refractivity contribution >= 4 is 17.1 Å². The fourth-order valence-electron chi connectivity index (χ4n) is 1.91. The lowest BCUT2D eigenvalue weighted by Gasteiger charge is -2.30. The highest BCUT2D eigenvalue weighted by molar-refractivity contribution is 7.09. The summed E-state index contributed by atoms with van der Waals surface area (Å²) < 4.78 is 0. The van der Waals surface area contributed by atoms with Gasteiger partial charge in [0.1, 0.15) is 5.78 Å². The molecule has 0 radical (unpaired) electrons. The van der Waals surface area contributed by atoms with Gasteiger partial charge in [-0.15, -0.1) is 11.3 Å². The summed E-state index contributed by atoms with van der Waals surface area (Å²) >= 11 is 1.67. The summed E-state index contributed by atoms with van der Waals surface area (Å²) in [4.78, 5) is 12.3. The molecular weight excluding hydrogens is 196 g/mol. The van der Waals surface area contributed by atoms with Gasteiger partial charge in [-0.3, -0.25) is 4.79 Å².